The van der Waals surface area contributed by atoms with Crippen molar-refractivity contribution in [1.29, 1.82) is 0 Å². The summed E-state index contributed by atoms with van der Waals surface area (Å²) in [7, 11) is 1.60. The SMILES string of the molecule is COCCNC(=O)C[C@H](N)c1ccccc1. The lowest BCUT2D eigenvalue weighted by atomic mass is 10.0. The molecule has 0 aromatic heterocycles. The van der Waals surface area contributed by atoms with Crippen molar-refractivity contribution in [1.82, 2.24) is 5.32 Å². The Morgan fingerprint density at radius 2 is 2.12 bits per heavy atom. The van der Waals surface area contributed by atoms with Crippen molar-refractivity contribution < 1.29 is 9.53 Å². The van der Waals surface area contributed by atoms with Gasteiger partial charge in [-0.1, -0.05) is 30.3 Å². The Balaban J connectivity index is 2.34. The second kappa shape index (κ2) is 6.98. The number of carbonyl (C=O) groups excluding carboxylic acids is 1. The molecule has 0 unspecified atom stereocenters. The van der Waals surface area contributed by atoms with Gasteiger partial charge in [0.1, 0.15) is 0 Å². The van der Waals surface area contributed by atoms with Crippen molar-refractivity contribution in [2.45, 2.75) is 12.5 Å². The van der Waals surface area contributed by atoms with E-state index < -0.39 is 0 Å². The highest BCUT2D eigenvalue weighted by atomic mass is 16.5. The van der Waals surface area contributed by atoms with Crippen molar-refractivity contribution in [3.8, 4) is 0 Å². The van der Waals surface area contributed by atoms with Gasteiger partial charge in [-0.25, -0.2) is 0 Å². The molecule has 1 amide bonds. The molecule has 0 spiro atoms. The largest absolute Gasteiger partial charge is 0.383 e. The van der Waals surface area contributed by atoms with E-state index in [1.807, 2.05) is 30.3 Å². The standard InChI is InChI=1S/C12H18N2O2/c1-16-8-7-14-12(15)9-11(13)10-5-3-2-4-6-10/h2-6,11H,7-9,13H2,1H3,(H,14,15)/t11-/m0/s1. The molecule has 0 aliphatic carbocycles. The van der Waals surface area contributed by atoms with Gasteiger partial charge >= 0.3 is 0 Å². The number of carbonyl (C=O) groups is 1. The maximum Gasteiger partial charge on any atom is 0.221 e. The van der Waals surface area contributed by atoms with Gasteiger partial charge < -0.3 is 15.8 Å². The smallest absolute Gasteiger partial charge is 0.221 e. The summed E-state index contributed by atoms with van der Waals surface area (Å²) < 4.78 is 4.84. The zero-order valence-electron chi connectivity index (χ0n) is 9.48. The van der Waals surface area contributed by atoms with Gasteiger partial charge in [0.2, 0.25) is 5.91 Å². The highest BCUT2D eigenvalue weighted by molar-refractivity contribution is 5.76. The van der Waals surface area contributed by atoms with E-state index >= 15 is 0 Å². The fraction of sp³-hybridized carbons (Fsp3) is 0.417. The average Bonchev–Trinajstić information content (AvgIpc) is 2.30. The fourth-order valence-corrected chi connectivity index (χ4v) is 1.38. The summed E-state index contributed by atoms with van der Waals surface area (Å²) in [6.45, 7) is 1.04. The van der Waals surface area contributed by atoms with Gasteiger partial charge in [0.05, 0.1) is 6.61 Å². The Hall–Kier alpha value is -1.39. The first-order valence-corrected chi connectivity index (χ1v) is 5.30. The molecular formula is C12H18N2O2. The third kappa shape index (κ3) is 4.42. The highest BCUT2D eigenvalue weighted by Crippen LogP contribution is 2.12. The minimum Gasteiger partial charge on any atom is -0.383 e. The lowest BCUT2D eigenvalue weighted by molar-refractivity contribution is -0.121. The normalized spacial score (nSPS) is 12.1. The van der Waals surface area contributed by atoms with Crippen molar-refractivity contribution >= 4 is 5.91 Å². The number of nitrogens with two attached hydrogens (primary N) is 1. The van der Waals surface area contributed by atoms with Crippen molar-refractivity contribution in [3.63, 3.8) is 0 Å². The molecule has 4 heteroatoms. The fourth-order valence-electron chi connectivity index (χ4n) is 1.38. The summed E-state index contributed by atoms with van der Waals surface area (Å²) in [5.41, 5.74) is 6.88. The highest BCUT2D eigenvalue weighted by Gasteiger charge is 2.10. The summed E-state index contributed by atoms with van der Waals surface area (Å²) in [5, 5.41) is 2.74. The van der Waals surface area contributed by atoms with Crippen LogP contribution in [0.1, 0.15) is 18.0 Å². The Morgan fingerprint density at radius 3 is 2.75 bits per heavy atom. The number of nitrogens with one attached hydrogen (secondary N) is 1. The van der Waals surface area contributed by atoms with Crippen LogP contribution in [0.4, 0.5) is 0 Å². The van der Waals surface area contributed by atoms with Crippen molar-refractivity contribution in [2.24, 2.45) is 5.73 Å². The van der Waals surface area contributed by atoms with Crippen LogP contribution in [-0.4, -0.2) is 26.2 Å². The zero-order valence-corrected chi connectivity index (χ0v) is 9.48. The van der Waals surface area contributed by atoms with Crippen molar-refractivity contribution in [2.75, 3.05) is 20.3 Å². The topological polar surface area (TPSA) is 64.3 Å². The minimum atomic E-state index is -0.247. The quantitative estimate of drug-likeness (QED) is 0.701. The summed E-state index contributed by atoms with van der Waals surface area (Å²) in [6, 6.07) is 9.36. The van der Waals surface area contributed by atoms with Crippen LogP contribution >= 0.6 is 0 Å². The van der Waals surface area contributed by atoms with Gasteiger partial charge in [-0.05, 0) is 5.56 Å². The average molecular weight is 222 g/mol. The molecule has 16 heavy (non-hydrogen) atoms. The first-order valence-electron chi connectivity index (χ1n) is 5.30. The van der Waals surface area contributed by atoms with Crippen LogP contribution in [0.2, 0.25) is 0 Å². The van der Waals surface area contributed by atoms with E-state index in [1.54, 1.807) is 7.11 Å². The molecule has 0 saturated carbocycles. The summed E-state index contributed by atoms with van der Waals surface area (Å²) in [5.74, 6) is -0.0478. The second-order valence-corrected chi connectivity index (χ2v) is 3.56. The predicted molar refractivity (Wildman–Crippen MR) is 62.9 cm³/mol. The minimum absolute atomic E-state index is 0.0478. The number of hydrogen-bond donors (Lipinski definition) is 2. The second-order valence-electron chi connectivity index (χ2n) is 3.56. The first-order chi connectivity index (χ1) is 7.74. The van der Waals surface area contributed by atoms with Gasteiger partial charge in [-0.15, -0.1) is 0 Å². The summed E-state index contributed by atoms with van der Waals surface area (Å²) in [4.78, 5) is 11.5. The van der Waals surface area contributed by atoms with Crippen LogP contribution in [0.15, 0.2) is 30.3 Å². The molecule has 1 aromatic rings. The van der Waals surface area contributed by atoms with Gasteiger partial charge in [-0.3, -0.25) is 4.79 Å². The van der Waals surface area contributed by atoms with E-state index in [9.17, 15) is 4.79 Å². The van der Waals surface area contributed by atoms with Crippen LogP contribution in [0.25, 0.3) is 0 Å². The third-order valence-corrected chi connectivity index (χ3v) is 2.26. The molecule has 1 aromatic carbocycles. The van der Waals surface area contributed by atoms with Crippen LogP contribution < -0.4 is 11.1 Å². The third-order valence-electron chi connectivity index (χ3n) is 2.26. The number of rotatable bonds is 6. The number of methoxy groups -OCH3 is 1. The molecule has 1 rings (SSSR count). The molecule has 0 radical (unpaired) electrons. The Labute approximate surface area is 95.8 Å². The van der Waals surface area contributed by atoms with Gasteiger partial charge in [0.25, 0.3) is 0 Å². The van der Waals surface area contributed by atoms with Gasteiger partial charge in [-0.2, -0.15) is 0 Å². The number of hydrogen-bond acceptors (Lipinski definition) is 3. The van der Waals surface area contributed by atoms with Crippen LogP contribution in [-0.2, 0) is 9.53 Å². The first kappa shape index (κ1) is 12.7. The van der Waals surface area contributed by atoms with E-state index in [1.165, 1.54) is 0 Å². The number of amides is 1. The molecule has 0 bridgehead atoms. The lowest BCUT2D eigenvalue weighted by Gasteiger charge is -2.11. The summed E-state index contributed by atoms with van der Waals surface area (Å²) in [6.07, 6.45) is 0.299. The number of benzene rings is 1. The maximum atomic E-state index is 11.5. The van der Waals surface area contributed by atoms with E-state index in [0.29, 0.717) is 19.6 Å². The monoisotopic (exact) mass is 222 g/mol. The van der Waals surface area contributed by atoms with Crippen molar-refractivity contribution in [3.05, 3.63) is 35.9 Å². The molecule has 4 nitrogen and oxygen atoms in total. The maximum absolute atomic E-state index is 11.5. The van der Waals surface area contributed by atoms with E-state index in [-0.39, 0.29) is 11.9 Å². The number of ether oxygens (including phenoxy) is 1. The zero-order chi connectivity index (χ0) is 11.8. The summed E-state index contributed by atoms with van der Waals surface area (Å²) >= 11 is 0. The Bertz CT molecular complexity index is 314. The van der Waals surface area contributed by atoms with E-state index in [0.717, 1.165) is 5.56 Å². The molecule has 0 fully saturated rings. The Kier molecular flexibility index (Phi) is 5.53. The molecule has 0 heterocycles. The van der Waals surface area contributed by atoms with Crippen LogP contribution in [0.3, 0.4) is 0 Å². The van der Waals surface area contributed by atoms with E-state index in [4.69, 9.17) is 10.5 Å². The Morgan fingerprint density at radius 1 is 1.44 bits per heavy atom. The van der Waals surface area contributed by atoms with Crippen LogP contribution in [0, 0.1) is 0 Å². The predicted octanol–water partition coefficient (Wildman–Crippen LogP) is 0.839. The molecule has 3 N–H and O–H groups in total. The van der Waals surface area contributed by atoms with Gasteiger partial charge in [0, 0.05) is 26.1 Å². The van der Waals surface area contributed by atoms with E-state index in [2.05, 4.69) is 5.32 Å². The van der Waals surface area contributed by atoms with Gasteiger partial charge in [0.15, 0.2) is 0 Å². The molecular weight excluding hydrogens is 204 g/mol. The molecule has 0 saturated heterocycles. The molecule has 1 atom stereocenters. The molecule has 88 valence electrons. The molecule has 0 aliphatic rings. The van der Waals surface area contributed by atoms with Crippen LogP contribution in [0.5, 0.6) is 0 Å². The molecule has 0 aliphatic heterocycles. The lowest BCUT2D eigenvalue weighted by Crippen LogP contribution is -2.30.